The van der Waals surface area contributed by atoms with E-state index in [2.05, 4.69) is 0 Å². The highest BCUT2D eigenvalue weighted by Gasteiger charge is 2.42. The van der Waals surface area contributed by atoms with Crippen molar-refractivity contribution in [2.75, 3.05) is 4.31 Å². The monoisotopic (exact) mass is 377 g/mol. The number of nitrogens with zero attached hydrogens (tertiary/aromatic N) is 1. The van der Waals surface area contributed by atoms with E-state index in [1.54, 1.807) is 60.7 Å². The van der Waals surface area contributed by atoms with Crippen molar-refractivity contribution in [3.8, 4) is 0 Å². The van der Waals surface area contributed by atoms with Crippen molar-refractivity contribution in [1.82, 2.24) is 0 Å². The Hall–Kier alpha value is -2.92. The number of para-hydroxylation sites is 1. The summed E-state index contributed by atoms with van der Waals surface area (Å²) < 4.78 is 28.2. The van der Waals surface area contributed by atoms with Crippen molar-refractivity contribution in [3.63, 3.8) is 0 Å². The van der Waals surface area contributed by atoms with E-state index < -0.39 is 16.1 Å². The molecular formula is C22H19NO3S. The van der Waals surface area contributed by atoms with Crippen molar-refractivity contribution < 1.29 is 13.2 Å². The Balaban J connectivity index is 1.83. The molecule has 0 N–H and O–H groups in total. The first-order valence-corrected chi connectivity index (χ1v) is 10.2. The van der Waals surface area contributed by atoms with Crippen LogP contribution in [0.15, 0.2) is 83.8 Å². The Bertz CT molecular complexity index is 1090. The summed E-state index contributed by atoms with van der Waals surface area (Å²) in [6.45, 7) is 1.91. The van der Waals surface area contributed by atoms with Crippen LogP contribution < -0.4 is 4.31 Å². The first-order valence-electron chi connectivity index (χ1n) is 8.77. The lowest BCUT2D eigenvalue weighted by atomic mass is 10.0. The lowest BCUT2D eigenvalue weighted by Gasteiger charge is -2.26. The van der Waals surface area contributed by atoms with Crippen LogP contribution in [0.25, 0.3) is 0 Å². The molecule has 0 spiro atoms. The number of ketones is 1. The van der Waals surface area contributed by atoms with Gasteiger partial charge in [0.1, 0.15) is 6.04 Å². The molecule has 0 amide bonds. The molecule has 0 aromatic heterocycles. The van der Waals surface area contributed by atoms with Gasteiger partial charge in [-0.05, 0) is 30.7 Å². The molecule has 27 heavy (non-hydrogen) atoms. The maximum Gasteiger partial charge on any atom is 0.265 e. The Morgan fingerprint density at radius 3 is 2.22 bits per heavy atom. The van der Waals surface area contributed by atoms with Crippen LogP contribution in [0.2, 0.25) is 0 Å². The number of carbonyl (C=O) groups is 1. The predicted molar refractivity (Wildman–Crippen MR) is 106 cm³/mol. The molecule has 0 radical (unpaired) electrons. The highest BCUT2D eigenvalue weighted by molar-refractivity contribution is 7.93. The van der Waals surface area contributed by atoms with Gasteiger partial charge < -0.3 is 0 Å². The van der Waals surface area contributed by atoms with Crippen molar-refractivity contribution in [3.05, 3.63) is 95.6 Å². The summed E-state index contributed by atoms with van der Waals surface area (Å²) in [5.74, 6) is -0.192. The molecule has 0 unspecified atom stereocenters. The summed E-state index contributed by atoms with van der Waals surface area (Å²) in [5, 5.41) is 0. The second-order valence-corrected chi connectivity index (χ2v) is 8.51. The number of aryl methyl sites for hydroxylation is 1. The highest BCUT2D eigenvalue weighted by Crippen LogP contribution is 2.37. The first-order chi connectivity index (χ1) is 13.0. The lowest BCUT2D eigenvalue weighted by Crippen LogP contribution is -2.42. The molecule has 5 heteroatoms. The fraction of sp³-hybridized carbons (Fsp3) is 0.136. The van der Waals surface area contributed by atoms with Gasteiger partial charge in [-0.3, -0.25) is 9.10 Å². The van der Waals surface area contributed by atoms with Crippen LogP contribution in [0.3, 0.4) is 0 Å². The molecule has 0 saturated heterocycles. The largest absolute Gasteiger partial charge is 0.292 e. The smallest absolute Gasteiger partial charge is 0.265 e. The van der Waals surface area contributed by atoms with Crippen molar-refractivity contribution >= 4 is 21.5 Å². The second-order valence-electron chi connectivity index (χ2n) is 6.69. The first kappa shape index (κ1) is 17.5. The van der Waals surface area contributed by atoms with Crippen molar-refractivity contribution in [1.29, 1.82) is 0 Å². The van der Waals surface area contributed by atoms with Crippen LogP contribution in [-0.4, -0.2) is 20.2 Å². The number of rotatable bonds is 4. The topological polar surface area (TPSA) is 54.5 Å². The Morgan fingerprint density at radius 2 is 1.52 bits per heavy atom. The summed E-state index contributed by atoms with van der Waals surface area (Å²) in [6.07, 6.45) is 0.370. The van der Waals surface area contributed by atoms with E-state index in [1.165, 1.54) is 4.31 Å². The molecule has 1 heterocycles. The van der Waals surface area contributed by atoms with Gasteiger partial charge in [-0.25, -0.2) is 8.42 Å². The summed E-state index contributed by atoms with van der Waals surface area (Å²) >= 11 is 0. The van der Waals surface area contributed by atoms with E-state index >= 15 is 0 Å². The zero-order valence-corrected chi connectivity index (χ0v) is 15.7. The SMILES string of the molecule is Cc1ccc(S(=O)(=O)N2c3ccccc3C[C@@H]2C(=O)c2ccccc2)cc1. The minimum Gasteiger partial charge on any atom is -0.292 e. The van der Waals surface area contributed by atoms with Crippen LogP contribution in [0.1, 0.15) is 21.5 Å². The summed E-state index contributed by atoms with van der Waals surface area (Å²) in [5.41, 5.74) is 2.93. The summed E-state index contributed by atoms with van der Waals surface area (Å²) in [6, 6.07) is 22.1. The second kappa shape index (κ2) is 6.67. The summed E-state index contributed by atoms with van der Waals surface area (Å²) in [7, 11) is -3.86. The molecule has 3 aromatic carbocycles. The average molecular weight is 377 g/mol. The molecule has 0 saturated carbocycles. The van der Waals surface area contributed by atoms with Gasteiger partial charge in [-0.15, -0.1) is 0 Å². The van der Waals surface area contributed by atoms with Crippen LogP contribution in [-0.2, 0) is 16.4 Å². The van der Waals surface area contributed by atoms with Crippen LogP contribution >= 0.6 is 0 Å². The van der Waals surface area contributed by atoms with Gasteiger partial charge in [-0.1, -0.05) is 66.2 Å². The Kier molecular flexibility index (Phi) is 4.32. The molecule has 3 aromatic rings. The minimum absolute atomic E-state index is 0.190. The van der Waals surface area contributed by atoms with E-state index in [0.717, 1.165) is 11.1 Å². The third-order valence-electron chi connectivity index (χ3n) is 4.86. The molecule has 136 valence electrons. The van der Waals surface area contributed by atoms with E-state index in [9.17, 15) is 13.2 Å². The number of anilines is 1. The van der Waals surface area contributed by atoms with Gasteiger partial charge >= 0.3 is 0 Å². The molecule has 4 nitrogen and oxygen atoms in total. The molecule has 0 fully saturated rings. The van der Waals surface area contributed by atoms with Gasteiger partial charge in [0.25, 0.3) is 10.0 Å². The lowest BCUT2D eigenvalue weighted by molar-refractivity contribution is 0.0966. The third kappa shape index (κ3) is 3.04. The molecule has 0 aliphatic carbocycles. The van der Waals surface area contributed by atoms with Gasteiger partial charge in [-0.2, -0.15) is 0 Å². The molecule has 1 atom stereocenters. The normalized spacial score (nSPS) is 16.2. The number of sulfonamides is 1. The predicted octanol–water partition coefficient (Wildman–Crippen LogP) is 4.00. The number of benzene rings is 3. The van der Waals surface area contributed by atoms with E-state index in [-0.39, 0.29) is 10.7 Å². The molecular weight excluding hydrogens is 358 g/mol. The maximum absolute atomic E-state index is 13.4. The molecule has 4 rings (SSSR count). The zero-order chi connectivity index (χ0) is 19.0. The Labute approximate surface area is 159 Å². The number of Topliss-reactive ketones (excluding diaryl/α,β-unsaturated/α-hetero) is 1. The van der Waals surface area contributed by atoms with Crippen LogP contribution in [0.4, 0.5) is 5.69 Å². The van der Waals surface area contributed by atoms with Gasteiger partial charge in [0.2, 0.25) is 0 Å². The fourth-order valence-electron chi connectivity index (χ4n) is 3.47. The number of hydrogen-bond donors (Lipinski definition) is 0. The highest BCUT2D eigenvalue weighted by atomic mass is 32.2. The van der Waals surface area contributed by atoms with Crippen LogP contribution in [0, 0.1) is 6.92 Å². The minimum atomic E-state index is -3.86. The van der Waals surface area contributed by atoms with Gasteiger partial charge in [0.15, 0.2) is 5.78 Å². The van der Waals surface area contributed by atoms with Crippen molar-refractivity contribution in [2.24, 2.45) is 0 Å². The quantitative estimate of drug-likeness (QED) is 0.646. The van der Waals surface area contributed by atoms with Crippen LogP contribution in [0.5, 0.6) is 0 Å². The zero-order valence-electron chi connectivity index (χ0n) is 14.9. The summed E-state index contributed by atoms with van der Waals surface area (Å²) in [4.78, 5) is 13.3. The third-order valence-corrected chi connectivity index (χ3v) is 6.70. The molecule has 0 bridgehead atoms. The number of fused-ring (bicyclic) bond motifs is 1. The number of carbonyl (C=O) groups excluding carboxylic acids is 1. The standard InChI is InChI=1S/C22H19NO3S/c1-16-11-13-19(14-12-16)27(25,26)23-20-10-6-5-9-18(20)15-21(23)22(24)17-7-3-2-4-8-17/h2-14,21H,15H2,1H3/t21-/m1/s1. The Morgan fingerprint density at radius 1 is 0.889 bits per heavy atom. The van der Waals surface area contributed by atoms with E-state index in [4.69, 9.17) is 0 Å². The van der Waals surface area contributed by atoms with Gasteiger partial charge in [0, 0.05) is 12.0 Å². The van der Waals surface area contributed by atoms with E-state index in [0.29, 0.717) is 17.7 Å². The fourth-order valence-corrected chi connectivity index (χ4v) is 5.12. The van der Waals surface area contributed by atoms with Crippen molar-refractivity contribution in [2.45, 2.75) is 24.3 Å². The number of hydrogen-bond acceptors (Lipinski definition) is 3. The molecule has 1 aliphatic rings. The molecule has 1 aliphatic heterocycles. The van der Waals surface area contributed by atoms with Gasteiger partial charge in [0.05, 0.1) is 10.6 Å². The van der Waals surface area contributed by atoms with E-state index in [1.807, 2.05) is 25.1 Å². The maximum atomic E-state index is 13.4. The average Bonchev–Trinajstić information content (AvgIpc) is 3.09.